The van der Waals surface area contributed by atoms with Gasteiger partial charge in [-0.3, -0.25) is 4.84 Å². The lowest BCUT2D eigenvalue weighted by Crippen LogP contribution is -2.41. The third-order valence-electron chi connectivity index (χ3n) is 3.35. The van der Waals surface area contributed by atoms with Crippen LogP contribution in [0.25, 0.3) is 0 Å². The number of rotatable bonds is 3. The van der Waals surface area contributed by atoms with Gasteiger partial charge >= 0.3 is 0 Å². The summed E-state index contributed by atoms with van der Waals surface area (Å²) in [5.74, 6) is 0. The highest BCUT2D eigenvalue weighted by molar-refractivity contribution is 5.85. The lowest BCUT2D eigenvalue weighted by atomic mass is 10.0. The Morgan fingerprint density at radius 1 is 1.39 bits per heavy atom. The molecule has 0 bridgehead atoms. The van der Waals surface area contributed by atoms with E-state index in [9.17, 15) is 0 Å². The molecule has 0 aliphatic carbocycles. The lowest BCUT2D eigenvalue weighted by molar-refractivity contribution is -0.217. The fourth-order valence-corrected chi connectivity index (χ4v) is 2.24. The smallest absolute Gasteiger partial charge is 0.101 e. The van der Waals surface area contributed by atoms with E-state index in [0.29, 0.717) is 0 Å². The van der Waals surface area contributed by atoms with Crippen LogP contribution >= 0.6 is 0 Å². The third kappa shape index (κ3) is 3.09. The maximum Gasteiger partial charge on any atom is 0.101 e. The number of benzene rings is 1. The van der Waals surface area contributed by atoms with Gasteiger partial charge < -0.3 is 5.21 Å². The Bertz CT molecular complexity index is 406. The van der Waals surface area contributed by atoms with E-state index in [2.05, 4.69) is 31.1 Å². The number of hydroxylamine groups is 2. The Morgan fingerprint density at radius 2 is 2.11 bits per heavy atom. The second kappa shape index (κ2) is 5.98. The summed E-state index contributed by atoms with van der Waals surface area (Å²) in [6, 6.07) is 10.4. The van der Waals surface area contributed by atoms with E-state index >= 15 is 0 Å². The van der Waals surface area contributed by atoms with Crippen molar-refractivity contribution in [2.75, 3.05) is 6.54 Å². The number of hydrogen-bond acceptors (Lipinski definition) is 4. The van der Waals surface area contributed by atoms with Crippen LogP contribution in [0.2, 0.25) is 0 Å². The molecule has 1 aliphatic rings. The molecule has 0 spiro atoms. The minimum absolute atomic E-state index is 0.0428. The van der Waals surface area contributed by atoms with Crippen molar-refractivity contribution < 1.29 is 10.0 Å². The standard InChI is InChI=1S/C14H20N2O2/c1-11-10-14(15-17)8-9-16(11)18-12(2)13-6-4-3-5-7-13/h3-7,11-12,17H,8-10H2,1-2H3. The van der Waals surface area contributed by atoms with Crippen molar-refractivity contribution in [1.29, 1.82) is 0 Å². The Balaban J connectivity index is 1.94. The van der Waals surface area contributed by atoms with Gasteiger partial charge in [0.15, 0.2) is 0 Å². The molecule has 98 valence electrons. The zero-order valence-electron chi connectivity index (χ0n) is 10.9. The molecule has 0 aromatic heterocycles. The fraction of sp³-hybridized carbons (Fsp3) is 0.500. The van der Waals surface area contributed by atoms with E-state index in [1.807, 2.05) is 23.3 Å². The zero-order valence-corrected chi connectivity index (χ0v) is 10.9. The summed E-state index contributed by atoms with van der Waals surface area (Å²) in [4.78, 5) is 5.98. The van der Waals surface area contributed by atoms with E-state index in [1.54, 1.807) is 0 Å². The first-order valence-electron chi connectivity index (χ1n) is 6.39. The van der Waals surface area contributed by atoms with Gasteiger partial charge in [0.1, 0.15) is 6.10 Å². The summed E-state index contributed by atoms with van der Waals surface area (Å²) in [6.45, 7) is 4.91. The van der Waals surface area contributed by atoms with E-state index < -0.39 is 0 Å². The molecule has 4 nitrogen and oxygen atoms in total. The maximum absolute atomic E-state index is 8.78. The molecule has 2 atom stereocenters. The average molecular weight is 248 g/mol. The Hall–Kier alpha value is -1.39. The molecule has 1 aromatic rings. The fourth-order valence-electron chi connectivity index (χ4n) is 2.24. The van der Waals surface area contributed by atoms with Crippen LogP contribution in [0.1, 0.15) is 38.4 Å². The topological polar surface area (TPSA) is 45.1 Å². The SMILES string of the molecule is CC(ON1CCC(=NO)CC1C)c1ccccc1. The van der Waals surface area contributed by atoms with Crippen molar-refractivity contribution in [3.8, 4) is 0 Å². The van der Waals surface area contributed by atoms with E-state index in [1.165, 1.54) is 5.56 Å². The summed E-state index contributed by atoms with van der Waals surface area (Å²) < 4.78 is 0. The van der Waals surface area contributed by atoms with Gasteiger partial charge in [0.2, 0.25) is 0 Å². The monoisotopic (exact) mass is 248 g/mol. The summed E-state index contributed by atoms with van der Waals surface area (Å²) in [5, 5.41) is 14.1. The van der Waals surface area contributed by atoms with Crippen molar-refractivity contribution in [1.82, 2.24) is 5.06 Å². The van der Waals surface area contributed by atoms with Crippen molar-refractivity contribution in [2.45, 2.75) is 38.8 Å². The largest absolute Gasteiger partial charge is 0.411 e. The van der Waals surface area contributed by atoms with Gasteiger partial charge in [-0.1, -0.05) is 35.5 Å². The predicted octanol–water partition coefficient (Wildman–Crippen LogP) is 2.99. The molecule has 2 unspecified atom stereocenters. The van der Waals surface area contributed by atoms with Gasteiger partial charge in [-0.25, -0.2) is 0 Å². The van der Waals surface area contributed by atoms with Gasteiger partial charge in [0.25, 0.3) is 0 Å². The first-order chi connectivity index (χ1) is 8.70. The minimum Gasteiger partial charge on any atom is -0.411 e. The van der Waals surface area contributed by atoms with Crippen LogP contribution in [0, 0.1) is 0 Å². The van der Waals surface area contributed by atoms with E-state index in [-0.39, 0.29) is 12.1 Å². The minimum atomic E-state index is 0.0428. The van der Waals surface area contributed by atoms with Crippen LogP contribution in [0.3, 0.4) is 0 Å². The molecule has 4 heteroatoms. The second-order valence-electron chi connectivity index (χ2n) is 4.77. The van der Waals surface area contributed by atoms with Crippen molar-refractivity contribution in [3.05, 3.63) is 35.9 Å². The van der Waals surface area contributed by atoms with Gasteiger partial charge in [0.05, 0.1) is 5.71 Å². The molecule has 1 fully saturated rings. The highest BCUT2D eigenvalue weighted by Crippen LogP contribution is 2.23. The van der Waals surface area contributed by atoms with Gasteiger partial charge in [-0.05, 0) is 19.4 Å². The summed E-state index contributed by atoms with van der Waals surface area (Å²) >= 11 is 0. The lowest BCUT2D eigenvalue weighted by Gasteiger charge is -2.34. The molecular formula is C14H20N2O2. The number of oxime groups is 1. The molecule has 1 N–H and O–H groups in total. The van der Waals surface area contributed by atoms with Crippen LogP contribution in [0.5, 0.6) is 0 Å². The van der Waals surface area contributed by atoms with Gasteiger partial charge in [-0.15, -0.1) is 0 Å². The molecular weight excluding hydrogens is 228 g/mol. The van der Waals surface area contributed by atoms with E-state index in [4.69, 9.17) is 10.0 Å². The molecule has 2 rings (SSSR count). The van der Waals surface area contributed by atoms with Crippen LogP contribution in [-0.4, -0.2) is 28.6 Å². The molecule has 0 saturated carbocycles. The van der Waals surface area contributed by atoms with Gasteiger partial charge in [-0.2, -0.15) is 5.06 Å². The van der Waals surface area contributed by atoms with Crippen LogP contribution in [0.15, 0.2) is 35.5 Å². The molecule has 1 aromatic carbocycles. The molecule has 1 heterocycles. The predicted molar refractivity (Wildman–Crippen MR) is 70.6 cm³/mol. The molecule has 1 aliphatic heterocycles. The molecule has 18 heavy (non-hydrogen) atoms. The van der Waals surface area contributed by atoms with Crippen LogP contribution < -0.4 is 0 Å². The number of piperidine rings is 1. The van der Waals surface area contributed by atoms with E-state index in [0.717, 1.165) is 25.1 Å². The van der Waals surface area contributed by atoms with Crippen LogP contribution in [-0.2, 0) is 4.84 Å². The molecule has 0 amide bonds. The summed E-state index contributed by atoms with van der Waals surface area (Å²) in [5.41, 5.74) is 2.03. The Kier molecular flexibility index (Phi) is 4.33. The van der Waals surface area contributed by atoms with Crippen molar-refractivity contribution >= 4 is 5.71 Å². The number of nitrogens with zero attached hydrogens (tertiary/aromatic N) is 2. The first kappa shape index (κ1) is 13.1. The van der Waals surface area contributed by atoms with Crippen molar-refractivity contribution in [2.24, 2.45) is 5.16 Å². The number of hydrogen-bond donors (Lipinski definition) is 1. The Labute approximate surface area is 108 Å². The molecule has 1 saturated heterocycles. The summed E-state index contributed by atoms with van der Waals surface area (Å²) in [7, 11) is 0. The average Bonchev–Trinajstić information content (AvgIpc) is 2.42. The Morgan fingerprint density at radius 3 is 2.72 bits per heavy atom. The quantitative estimate of drug-likeness (QED) is 0.660. The maximum atomic E-state index is 8.78. The highest BCUT2D eigenvalue weighted by Gasteiger charge is 2.25. The molecule has 0 radical (unpaired) electrons. The summed E-state index contributed by atoms with van der Waals surface area (Å²) in [6.07, 6.45) is 1.57. The van der Waals surface area contributed by atoms with Crippen molar-refractivity contribution in [3.63, 3.8) is 0 Å². The zero-order chi connectivity index (χ0) is 13.0. The van der Waals surface area contributed by atoms with Gasteiger partial charge in [0, 0.05) is 25.4 Å². The van der Waals surface area contributed by atoms with Crippen LogP contribution in [0.4, 0.5) is 0 Å². The highest BCUT2D eigenvalue weighted by atomic mass is 16.7. The third-order valence-corrected chi connectivity index (χ3v) is 3.35. The second-order valence-corrected chi connectivity index (χ2v) is 4.77. The first-order valence-corrected chi connectivity index (χ1v) is 6.39. The normalized spacial score (nSPS) is 25.2.